The van der Waals surface area contributed by atoms with Gasteiger partial charge in [0, 0.05) is 29.4 Å². The maximum Gasteiger partial charge on any atom is 0.212 e. The molecule has 0 saturated heterocycles. The van der Waals surface area contributed by atoms with E-state index in [1.165, 1.54) is 0 Å². The van der Waals surface area contributed by atoms with Crippen molar-refractivity contribution in [1.82, 2.24) is 15.2 Å². The van der Waals surface area contributed by atoms with Crippen molar-refractivity contribution in [3.63, 3.8) is 0 Å². The molecule has 23 heavy (non-hydrogen) atoms. The Morgan fingerprint density at radius 1 is 1.13 bits per heavy atom. The molecule has 6 nitrogen and oxygen atoms in total. The molecule has 0 unspecified atom stereocenters. The molecule has 6 heteroatoms. The monoisotopic (exact) mass is 307 g/mol. The number of carbonyl (C=O) groups excluding carboxylic acids is 1. The van der Waals surface area contributed by atoms with Crippen LogP contribution in [0.4, 0.5) is 11.5 Å². The molecule has 2 N–H and O–H groups in total. The summed E-state index contributed by atoms with van der Waals surface area (Å²) in [5.41, 5.74) is 3.57. The van der Waals surface area contributed by atoms with Crippen LogP contribution in [0.15, 0.2) is 42.7 Å². The summed E-state index contributed by atoms with van der Waals surface area (Å²) in [6.07, 6.45) is 4.15. The zero-order chi connectivity index (χ0) is 16.2. The van der Waals surface area contributed by atoms with Crippen molar-refractivity contribution in [3.8, 4) is 11.1 Å². The van der Waals surface area contributed by atoms with E-state index in [0.717, 1.165) is 27.7 Å². The molecule has 3 rings (SSSR count). The van der Waals surface area contributed by atoms with Gasteiger partial charge in [-0.15, -0.1) is 10.2 Å². The molecule has 0 saturated carbocycles. The van der Waals surface area contributed by atoms with Crippen molar-refractivity contribution in [1.29, 1.82) is 0 Å². The molecule has 0 aliphatic heterocycles. The summed E-state index contributed by atoms with van der Waals surface area (Å²) in [4.78, 5) is 14.9. The van der Waals surface area contributed by atoms with E-state index in [1.807, 2.05) is 50.4 Å². The molecule has 1 amide bonds. The van der Waals surface area contributed by atoms with E-state index < -0.39 is 0 Å². The van der Waals surface area contributed by atoms with Gasteiger partial charge in [0.05, 0.1) is 11.2 Å². The van der Waals surface area contributed by atoms with Crippen LogP contribution < -0.4 is 10.6 Å². The minimum Gasteiger partial charge on any atom is -0.379 e. The molecule has 2 aromatic heterocycles. The molecule has 2 heterocycles. The molecule has 0 radical (unpaired) electrons. The summed E-state index contributed by atoms with van der Waals surface area (Å²) in [6.45, 7) is 4.06. The Kier molecular flexibility index (Phi) is 4.14. The van der Waals surface area contributed by atoms with Crippen LogP contribution in [0.1, 0.15) is 13.8 Å². The highest BCUT2D eigenvalue weighted by atomic mass is 16.1. The van der Waals surface area contributed by atoms with Gasteiger partial charge < -0.3 is 10.6 Å². The number of hydrogen-bond acceptors (Lipinski definition) is 5. The summed E-state index contributed by atoms with van der Waals surface area (Å²) in [6, 6.07) is 10.1. The minimum absolute atomic E-state index is 0.201. The zero-order valence-corrected chi connectivity index (χ0v) is 12.9. The third-order valence-corrected chi connectivity index (χ3v) is 3.39. The van der Waals surface area contributed by atoms with Gasteiger partial charge in [-0.2, -0.15) is 0 Å². The number of rotatable bonds is 5. The fourth-order valence-corrected chi connectivity index (χ4v) is 2.41. The largest absolute Gasteiger partial charge is 0.379 e. The van der Waals surface area contributed by atoms with Crippen LogP contribution in [0.3, 0.4) is 0 Å². The predicted octanol–water partition coefficient (Wildman–Crippen LogP) is 3.08. The number of nitrogens with zero attached hydrogens (tertiary/aromatic N) is 3. The lowest BCUT2D eigenvalue weighted by Crippen LogP contribution is -2.13. The van der Waals surface area contributed by atoms with E-state index >= 15 is 0 Å². The lowest BCUT2D eigenvalue weighted by molar-refractivity contribution is -0.105. The van der Waals surface area contributed by atoms with Crippen molar-refractivity contribution < 1.29 is 4.79 Å². The predicted molar refractivity (Wildman–Crippen MR) is 91.2 cm³/mol. The Morgan fingerprint density at radius 3 is 2.70 bits per heavy atom. The molecule has 1 aromatic carbocycles. The Morgan fingerprint density at radius 2 is 2.00 bits per heavy atom. The van der Waals surface area contributed by atoms with E-state index in [0.29, 0.717) is 12.2 Å². The molecule has 3 aromatic rings. The van der Waals surface area contributed by atoms with Gasteiger partial charge in [0.15, 0.2) is 5.82 Å². The highest BCUT2D eigenvalue weighted by Gasteiger charge is 2.12. The normalized spacial score (nSPS) is 10.7. The van der Waals surface area contributed by atoms with Gasteiger partial charge in [0.1, 0.15) is 0 Å². The van der Waals surface area contributed by atoms with Crippen LogP contribution in [-0.4, -0.2) is 27.6 Å². The van der Waals surface area contributed by atoms with Gasteiger partial charge in [0.2, 0.25) is 6.41 Å². The summed E-state index contributed by atoms with van der Waals surface area (Å²) in [5.74, 6) is 0.426. The molecule has 0 bridgehead atoms. The van der Waals surface area contributed by atoms with Crippen molar-refractivity contribution in [3.05, 3.63) is 42.7 Å². The maximum atomic E-state index is 10.8. The number of hydrogen-bond donors (Lipinski definition) is 2. The topological polar surface area (TPSA) is 79.8 Å². The number of benzene rings is 1. The van der Waals surface area contributed by atoms with Crippen LogP contribution in [0.2, 0.25) is 0 Å². The molecule has 0 atom stereocenters. The van der Waals surface area contributed by atoms with Crippen LogP contribution in [0, 0.1) is 0 Å². The van der Waals surface area contributed by atoms with E-state index in [-0.39, 0.29) is 6.04 Å². The summed E-state index contributed by atoms with van der Waals surface area (Å²) in [5, 5.41) is 15.2. The lowest BCUT2D eigenvalue weighted by Gasteiger charge is -2.15. The Balaban J connectivity index is 2.14. The lowest BCUT2D eigenvalue weighted by atomic mass is 10.0. The first kappa shape index (κ1) is 14.9. The third kappa shape index (κ3) is 3.11. The van der Waals surface area contributed by atoms with E-state index in [2.05, 4.69) is 25.8 Å². The number of aromatic nitrogens is 3. The second-order valence-electron chi connectivity index (χ2n) is 5.46. The first-order valence-corrected chi connectivity index (χ1v) is 7.36. The Labute approximate surface area is 134 Å². The molecule has 0 aliphatic carbocycles. The van der Waals surface area contributed by atoms with Crippen molar-refractivity contribution >= 4 is 28.8 Å². The summed E-state index contributed by atoms with van der Waals surface area (Å²) >= 11 is 0. The molecular weight excluding hydrogens is 290 g/mol. The molecule has 0 aliphatic rings. The first-order valence-electron chi connectivity index (χ1n) is 7.36. The van der Waals surface area contributed by atoms with Crippen molar-refractivity contribution in [2.24, 2.45) is 0 Å². The highest BCUT2D eigenvalue weighted by Crippen LogP contribution is 2.31. The number of fused-ring (bicyclic) bond motifs is 1. The van der Waals surface area contributed by atoms with Crippen LogP contribution in [0.25, 0.3) is 22.0 Å². The van der Waals surface area contributed by atoms with E-state index in [4.69, 9.17) is 0 Å². The van der Waals surface area contributed by atoms with E-state index in [9.17, 15) is 4.79 Å². The van der Waals surface area contributed by atoms with Gasteiger partial charge in [-0.3, -0.25) is 9.78 Å². The first-order chi connectivity index (χ1) is 11.2. The minimum atomic E-state index is 0.201. The number of carbonyl (C=O) groups is 1. The maximum absolute atomic E-state index is 10.8. The third-order valence-electron chi connectivity index (χ3n) is 3.39. The van der Waals surface area contributed by atoms with Crippen LogP contribution >= 0.6 is 0 Å². The quantitative estimate of drug-likeness (QED) is 0.708. The average Bonchev–Trinajstić information content (AvgIpc) is 2.57. The van der Waals surface area contributed by atoms with Gasteiger partial charge in [-0.05, 0) is 37.6 Å². The number of anilines is 2. The van der Waals surface area contributed by atoms with Gasteiger partial charge >= 0.3 is 0 Å². The number of pyridine rings is 1. The smallest absolute Gasteiger partial charge is 0.212 e. The van der Waals surface area contributed by atoms with Gasteiger partial charge in [-0.1, -0.05) is 12.1 Å². The zero-order valence-electron chi connectivity index (χ0n) is 12.9. The van der Waals surface area contributed by atoms with Crippen molar-refractivity contribution in [2.75, 3.05) is 10.6 Å². The number of amides is 1. The second kappa shape index (κ2) is 6.39. The molecular formula is C17H17N5O. The van der Waals surface area contributed by atoms with Crippen molar-refractivity contribution in [2.45, 2.75) is 19.9 Å². The fraction of sp³-hybridized carbons (Fsp3) is 0.176. The average molecular weight is 307 g/mol. The number of nitrogens with one attached hydrogen (secondary N) is 2. The van der Waals surface area contributed by atoms with Crippen LogP contribution in [-0.2, 0) is 4.79 Å². The Bertz CT molecular complexity index is 833. The van der Waals surface area contributed by atoms with Crippen LogP contribution in [0.5, 0.6) is 0 Å². The highest BCUT2D eigenvalue weighted by molar-refractivity contribution is 5.99. The second-order valence-corrected chi connectivity index (χ2v) is 5.46. The summed E-state index contributed by atoms with van der Waals surface area (Å²) in [7, 11) is 0. The Hall–Kier alpha value is -3.02. The fourth-order valence-electron chi connectivity index (χ4n) is 2.41. The molecule has 0 spiro atoms. The SMILES string of the molecule is CC(C)Nc1c(NC=O)nnc2cc(-c3cccnc3)ccc12. The summed E-state index contributed by atoms with van der Waals surface area (Å²) < 4.78 is 0. The molecule has 116 valence electrons. The molecule has 0 fully saturated rings. The van der Waals surface area contributed by atoms with Gasteiger partial charge in [0.25, 0.3) is 0 Å². The van der Waals surface area contributed by atoms with E-state index in [1.54, 1.807) is 6.20 Å². The van der Waals surface area contributed by atoms with Gasteiger partial charge in [-0.25, -0.2) is 0 Å². The standard InChI is InChI=1S/C17H17N5O/c1-11(2)20-16-14-6-5-12(13-4-3-7-18-9-13)8-15(14)21-22-17(16)19-10-23/h3-11H,1-2H3,(H,20,21)(H,19,22,23).